The van der Waals surface area contributed by atoms with E-state index in [4.69, 9.17) is 0 Å². The topological polar surface area (TPSA) is 142 Å². The summed E-state index contributed by atoms with van der Waals surface area (Å²) < 4.78 is 6.09. The average molecular weight is 352 g/mol. The average Bonchev–Trinajstić information content (AvgIpc) is 3.01. The van der Waals surface area contributed by atoms with Gasteiger partial charge in [0.15, 0.2) is 0 Å². The van der Waals surface area contributed by atoms with Crippen LogP contribution in [0.15, 0.2) is 28.3 Å². The third kappa shape index (κ3) is 4.04. The van der Waals surface area contributed by atoms with Crippen molar-refractivity contribution in [2.75, 3.05) is 13.7 Å². The highest BCUT2D eigenvalue weighted by Gasteiger charge is 2.20. The van der Waals surface area contributed by atoms with Gasteiger partial charge in [0, 0.05) is 23.6 Å². The highest BCUT2D eigenvalue weighted by Crippen LogP contribution is 2.31. The number of nitrogens with one attached hydrogen (secondary N) is 1. The van der Waals surface area contributed by atoms with Gasteiger partial charge in [-0.1, -0.05) is 0 Å². The lowest BCUT2D eigenvalue weighted by molar-refractivity contribution is -0.384. The zero-order valence-electron chi connectivity index (χ0n) is 12.4. The minimum atomic E-state index is -0.706. The molecular formula is C12H12N6O5S. The van der Waals surface area contributed by atoms with E-state index < -0.39 is 10.9 Å². The van der Waals surface area contributed by atoms with Gasteiger partial charge in [0.05, 0.1) is 24.1 Å². The van der Waals surface area contributed by atoms with Gasteiger partial charge in [0.1, 0.15) is 0 Å². The van der Waals surface area contributed by atoms with Gasteiger partial charge in [-0.25, -0.2) is 9.48 Å². The number of nitro benzene ring substituents is 1. The molecule has 1 amide bonds. The second-order valence-corrected chi connectivity index (χ2v) is 5.30. The molecule has 1 aromatic heterocycles. The number of benzene rings is 1. The molecule has 0 bridgehead atoms. The van der Waals surface area contributed by atoms with Crippen molar-refractivity contribution in [3.8, 4) is 0 Å². The normalized spacial score (nSPS) is 10.2. The first-order valence-corrected chi connectivity index (χ1v) is 7.36. The van der Waals surface area contributed by atoms with Crippen LogP contribution < -0.4 is 5.32 Å². The molecule has 0 fully saturated rings. The van der Waals surface area contributed by atoms with E-state index in [1.807, 2.05) is 0 Å². The first-order chi connectivity index (χ1) is 11.6. The van der Waals surface area contributed by atoms with Gasteiger partial charge in [-0.15, -0.1) is 5.10 Å². The Balaban J connectivity index is 2.29. The Morgan fingerprint density at radius 3 is 3.00 bits per heavy atom. The Labute approximate surface area is 139 Å². The molecular weight excluding hydrogens is 340 g/mol. The van der Waals surface area contributed by atoms with Crippen molar-refractivity contribution >= 4 is 29.8 Å². The van der Waals surface area contributed by atoms with Gasteiger partial charge in [0.25, 0.3) is 5.69 Å². The number of ether oxygens (including phenoxy) is 1. The van der Waals surface area contributed by atoms with Crippen LogP contribution in [0.5, 0.6) is 0 Å². The molecule has 1 aromatic carbocycles. The third-order valence-corrected chi connectivity index (χ3v) is 3.88. The number of tetrazole rings is 1. The number of nitro groups is 1. The molecule has 0 spiro atoms. The molecule has 0 saturated heterocycles. The van der Waals surface area contributed by atoms with Crippen LogP contribution in [0.2, 0.25) is 0 Å². The molecule has 0 aliphatic heterocycles. The lowest BCUT2D eigenvalue weighted by atomic mass is 10.2. The maximum absolute atomic E-state index is 11.9. The molecule has 11 nitrogen and oxygen atoms in total. The van der Waals surface area contributed by atoms with Crippen LogP contribution in [0, 0.1) is 10.1 Å². The molecule has 0 unspecified atom stereocenters. The summed E-state index contributed by atoms with van der Waals surface area (Å²) in [5.74, 6) is -0.706. The number of carbonyl (C=O) groups excluding carboxylic acids is 2. The quantitative estimate of drug-likeness (QED) is 0.233. The number of rotatable bonds is 8. The van der Waals surface area contributed by atoms with Crippen molar-refractivity contribution in [3.05, 3.63) is 33.9 Å². The number of non-ortho nitro benzene ring substituents is 1. The smallest absolute Gasteiger partial charge is 0.339 e. The Morgan fingerprint density at radius 1 is 1.54 bits per heavy atom. The molecule has 2 aromatic rings. The van der Waals surface area contributed by atoms with Crippen molar-refractivity contribution in [2.24, 2.45) is 0 Å². The largest absolute Gasteiger partial charge is 0.465 e. The predicted octanol–water partition coefficient (Wildman–Crippen LogP) is 0.265. The summed E-state index contributed by atoms with van der Waals surface area (Å²) in [5.41, 5.74) is -0.188. The standard InChI is InChI=1S/C12H12N6O5S/c1-23-11(20)9-6-8(18(21)22)2-3-10(9)24-12-14-15-16-17(12)5-4-13-7-19/h2-3,6-7H,4-5H2,1H3,(H,13,19). The highest BCUT2D eigenvalue weighted by molar-refractivity contribution is 7.99. The maximum Gasteiger partial charge on any atom is 0.339 e. The summed E-state index contributed by atoms with van der Waals surface area (Å²) in [5, 5.41) is 24.9. The van der Waals surface area contributed by atoms with Crippen LogP contribution in [0.3, 0.4) is 0 Å². The van der Waals surface area contributed by atoms with Crippen LogP contribution in [-0.2, 0) is 16.1 Å². The van der Waals surface area contributed by atoms with E-state index in [1.54, 1.807) is 0 Å². The van der Waals surface area contributed by atoms with Crippen molar-refractivity contribution in [1.82, 2.24) is 25.5 Å². The lowest BCUT2D eigenvalue weighted by Crippen LogP contribution is -2.19. The highest BCUT2D eigenvalue weighted by atomic mass is 32.2. The first kappa shape index (κ1) is 17.3. The minimum absolute atomic E-state index is 0.0391. The lowest BCUT2D eigenvalue weighted by Gasteiger charge is -2.07. The Bertz CT molecular complexity index is 764. The van der Waals surface area contributed by atoms with Gasteiger partial charge >= 0.3 is 5.97 Å². The number of esters is 1. The molecule has 0 saturated carbocycles. The zero-order valence-corrected chi connectivity index (χ0v) is 13.2. The second-order valence-electron chi connectivity index (χ2n) is 4.29. The van der Waals surface area contributed by atoms with Gasteiger partial charge in [-0.05, 0) is 28.3 Å². The van der Waals surface area contributed by atoms with Crippen LogP contribution >= 0.6 is 11.8 Å². The van der Waals surface area contributed by atoms with Crippen LogP contribution in [0.25, 0.3) is 0 Å². The van der Waals surface area contributed by atoms with Gasteiger partial charge in [-0.3, -0.25) is 14.9 Å². The number of nitrogens with zero attached hydrogens (tertiary/aromatic N) is 5. The minimum Gasteiger partial charge on any atom is -0.465 e. The van der Waals surface area contributed by atoms with Crippen molar-refractivity contribution in [1.29, 1.82) is 0 Å². The van der Waals surface area contributed by atoms with E-state index in [1.165, 1.54) is 23.9 Å². The Hall–Kier alpha value is -3.02. The molecule has 0 radical (unpaired) electrons. The van der Waals surface area contributed by atoms with Crippen molar-refractivity contribution in [2.45, 2.75) is 16.6 Å². The van der Waals surface area contributed by atoms with Crippen LogP contribution in [0.1, 0.15) is 10.4 Å². The van der Waals surface area contributed by atoms with Crippen molar-refractivity contribution < 1.29 is 19.2 Å². The Morgan fingerprint density at radius 2 is 2.33 bits per heavy atom. The molecule has 1 heterocycles. The van der Waals surface area contributed by atoms with Crippen LogP contribution in [-0.4, -0.2) is 51.2 Å². The Kier molecular flexibility index (Phi) is 5.78. The maximum atomic E-state index is 11.9. The molecule has 126 valence electrons. The van der Waals surface area contributed by atoms with E-state index in [-0.39, 0.29) is 11.3 Å². The summed E-state index contributed by atoms with van der Waals surface area (Å²) in [6, 6.07) is 3.84. The van der Waals surface area contributed by atoms with E-state index in [0.717, 1.165) is 17.8 Å². The fraction of sp³-hybridized carbons (Fsp3) is 0.250. The molecule has 2 rings (SSSR count). The summed E-state index contributed by atoms with van der Waals surface area (Å²) >= 11 is 1.06. The van der Waals surface area contributed by atoms with E-state index in [9.17, 15) is 19.7 Å². The SMILES string of the molecule is COC(=O)c1cc([N+](=O)[O-])ccc1Sc1nnnn1CCNC=O. The molecule has 12 heteroatoms. The fourth-order valence-corrected chi connectivity index (χ4v) is 2.62. The van der Waals surface area contributed by atoms with E-state index in [2.05, 4.69) is 25.6 Å². The fourth-order valence-electron chi connectivity index (χ4n) is 1.73. The van der Waals surface area contributed by atoms with E-state index >= 15 is 0 Å². The van der Waals surface area contributed by atoms with Crippen molar-refractivity contribution in [3.63, 3.8) is 0 Å². The summed E-state index contributed by atoms with van der Waals surface area (Å²) in [4.78, 5) is 32.8. The molecule has 24 heavy (non-hydrogen) atoms. The summed E-state index contributed by atoms with van der Waals surface area (Å²) in [6.45, 7) is 0.654. The van der Waals surface area contributed by atoms with Gasteiger partial charge in [0.2, 0.25) is 11.6 Å². The number of methoxy groups -OCH3 is 1. The monoisotopic (exact) mass is 352 g/mol. The zero-order chi connectivity index (χ0) is 17.5. The summed E-state index contributed by atoms with van der Waals surface area (Å²) in [6.07, 6.45) is 0.558. The number of aromatic nitrogens is 4. The first-order valence-electron chi connectivity index (χ1n) is 6.54. The second kappa shape index (κ2) is 8.01. The van der Waals surface area contributed by atoms with Gasteiger partial charge in [-0.2, -0.15) is 0 Å². The third-order valence-electron chi connectivity index (χ3n) is 2.83. The van der Waals surface area contributed by atoms with Crippen LogP contribution in [0.4, 0.5) is 5.69 Å². The molecule has 0 atom stereocenters. The van der Waals surface area contributed by atoms with Gasteiger partial charge < -0.3 is 10.1 Å². The summed E-state index contributed by atoms with van der Waals surface area (Å²) in [7, 11) is 1.19. The predicted molar refractivity (Wildman–Crippen MR) is 80.4 cm³/mol. The number of carbonyl (C=O) groups is 2. The number of hydrogen-bond donors (Lipinski definition) is 1. The molecule has 0 aliphatic carbocycles. The van der Waals surface area contributed by atoms with E-state index in [0.29, 0.717) is 29.6 Å². The molecule has 1 N–H and O–H groups in total. The number of hydrogen-bond acceptors (Lipinski definition) is 9. The number of amides is 1. The molecule has 0 aliphatic rings.